The second-order valence-corrected chi connectivity index (χ2v) is 4.53. The van der Waals surface area contributed by atoms with Crippen LogP contribution in [0.2, 0.25) is 0 Å². The van der Waals surface area contributed by atoms with Gasteiger partial charge in [0.1, 0.15) is 0 Å². The van der Waals surface area contributed by atoms with Crippen LogP contribution in [0, 0.1) is 0 Å². The van der Waals surface area contributed by atoms with E-state index in [1.807, 2.05) is 13.1 Å². The van der Waals surface area contributed by atoms with Crippen LogP contribution in [0.1, 0.15) is 18.1 Å². The second-order valence-electron chi connectivity index (χ2n) is 4.53. The fraction of sp³-hybridized carbons (Fsp3) is 0.235. The zero-order chi connectivity index (χ0) is 14.4. The molecular weight excluding hydrogens is 246 g/mol. The first kappa shape index (κ1) is 14.1. The van der Waals surface area contributed by atoms with Gasteiger partial charge in [-0.15, -0.1) is 0 Å². The van der Waals surface area contributed by atoms with Crippen LogP contribution in [0.15, 0.2) is 53.6 Å². The van der Waals surface area contributed by atoms with Crippen molar-refractivity contribution in [3.63, 3.8) is 0 Å². The Morgan fingerprint density at radius 3 is 2.30 bits per heavy atom. The number of hydrogen-bond acceptors (Lipinski definition) is 2. The Morgan fingerprint density at radius 1 is 1.00 bits per heavy atom. The minimum Gasteiger partial charge on any atom is -0.371 e. The number of hydrogen-bond donors (Lipinski definition) is 2. The third kappa shape index (κ3) is 2.99. The Morgan fingerprint density at radius 2 is 1.70 bits per heavy atom. The average molecular weight is 267 g/mol. The van der Waals surface area contributed by atoms with E-state index in [4.69, 9.17) is 0 Å². The van der Waals surface area contributed by atoms with Gasteiger partial charge in [-0.25, -0.2) is 0 Å². The topological polar surface area (TPSA) is 36.4 Å². The van der Waals surface area contributed by atoms with Gasteiger partial charge in [0, 0.05) is 19.7 Å². The number of rotatable bonds is 4. The highest BCUT2D eigenvalue weighted by molar-refractivity contribution is 6.04. The highest BCUT2D eigenvalue weighted by Gasteiger charge is 2.09. The molecule has 0 bridgehead atoms. The van der Waals surface area contributed by atoms with Gasteiger partial charge in [-0.3, -0.25) is 0 Å². The summed E-state index contributed by atoms with van der Waals surface area (Å²) in [6.07, 6.45) is 1.06. The van der Waals surface area contributed by atoms with Crippen molar-refractivity contribution in [3.8, 4) is 11.1 Å². The molecule has 0 saturated heterocycles. The summed E-state index contributed by atoms with van der Waals surface area (Å²) in [4.78, 5) is 0. The molecule has 0 aliphatic carbocycles. The van der Waals surface area contributed by atoms with Crippen molar-refractivity contribution >= 4 is 5.84 Å². The molecule has 0 amide bonds. The van der Waals surface area contributed by atoms with Crippen LogP contribution in [0.4, 0.5) is 0 Å². The molecule has 0 atom stereocenters. The Labute approximate surface area is 120 Å². The summed E-state index contributed by atoms with van der Waals surface area (Å²) in [6.45, 7) is 2.17. The zero-order valence-electron chi connectivity index (χ0n) is 12.3. The normalized spacial score (nSPS) is 11.2. The van der Waals surface area contributed by atoms with Crippen molar-refractivity contribution in [1.29, 1.82) is 0 Å². The SMILES string of the molecule is CCc1ccc(-c2ccccc2/C(=N/NC)NC)cc1. The fourth-order valence-corrected chi connectivity index (χ4v) is 2.22. The lowest BCUT2D eigenvalue weighted by Gasteiger charge is -2.12. The largest absolute Gasteiger partial charge is 0.371 e. The zero-order valence-corrected chi connectivity index (χ0v) is 12.3. The molecule has 3 nitrogen and oxygen atoms in total. The van der Waals surface area contributed by atoms with E-state index in [9.17, 15) is 0 Å². The average Bonchev–Trinajstić information content (AvgIpc) is 2.53. The third-order valence-electron chi connectivity index (χ3n) is 3.32. The lowest BCUT2D eigenvalue weighted by molar-refractivity contribution is 0.885. The molecule has 0 radical (unpaired) electrons. The molecule has 2 rings (SSSR count). The van der Waals surface area contributed by atoms with Crippen molar-refractivity contribution in [1.82, 2.24) is 10.7 Å². The molecule has 0 aromatic heterocycles. The van der Waals surface area contributed by atoms with Crippen molar-refractivity contribution in [2.24, 2.45) is 5.10 Å². The molecule has 0 unspecified atom stereocenters. The first-order chi connectivity index (χ1) is 9.80. The number of aryl methyl sites for hydroxylation is 1. The number of nitrogens with zero attached hydrogens (tertiary/aromatic N) is 1. The molecule has 0 saturated carbocycles. The quantitative estimate of drug-likeness (QED) is 0.507. The number of hydrazone groups is 1. The molecule has 20 heavy (non-hydrogen) atoms. The van der Waals surface area contributed by atoms with E-state index in [1.54, 1.807) is 7.05 Å². The van der Waals surface area contributed by atoms with Crippen LogP contribution in [0.3, 0.4) is 0 Å². The number of amidine groups is 1. The number of benzene rings is 2. The summed E-state index contributed by atoms with van der Waals surface area (Å²) >= 11 is 0. The Bertz CT molecular complexity index is 585. The lowest BCUT2D eigenvalue weighted by atomic mass is 9.97. The van der Waals surface area contributed by atoms with Gasteiger partial charge in [0.15, 0.2) is 5.84 Å². The van der Waals surface area contributed by atoms with Crippen LogP contribution in [0.5, 0.6) is 0 Å². The van der Waals surface area contributed by atoms with Crippen LogP contribution in [-0.2, 0) is 6.42 Å². The summed E-state index contributed by atoms with van der Waals surface area (Å²) in [7, 11) is 3.68. The summed E-state index contributed by atoms with van der Waals surface area (Å²) in [5, 5.41) is 7.43. The van der Waals surface area contributed by atoms with Gasteiger partial charge >= 0.3 is 0 Å². The second kappa shape index (κ2) is 6.75. The van der Waals surface area contributed by atoms with E-state index in [0.717, 1.165) is 17.8 Å². The maximum Gasteiger partial charge on any atom is 0.153 e. The maximum atomic E-state index is 4.29. The van der Waals surface area contributed by atoms with Gasteiger partial charge in [-0.1, -0.05) is 55.5 Å². The smallest absolute Gasteiger partial charge is 0.153 e. The molecule has 2 aromatic carbocycles. The summed E-state index contributed by atoms with van der Waals surface area (Å²) < 4.78 is 0. The monoisotopic (exact) mass is 267 g/mol. The van der Waals surface area contributed by atoms with Gasteiger partial charge in [-0.2, -0.15) is 5.10 Å². The van der Waals surface area contributed by atoms with Gasteiger partial charge in [0.2, 0.25) is 0 Å². The lowest BCUT2D eigenvalue weighted by Crippen LogP contribution is -2.23. The molecule has 104 valence electrons. The maximum absolute atomic E-state index is 4.29. The van der Waals surface area contributed by atoms with E-state index in [-0.39, 0.29) is 0 Å². The molecule has 3 heteroatoms. The van der Waals surface area contributed by atoms with Crippen LogP contribution in [-0.4, -0.2) is 19.9 Å². The van der Waals surface area contributed by atoms with Crippen molar-refractivity contribution in [2.75, 3.05) is 14.1 Å². The minimum atomic E-state index is 0.836. The van der Waals surface area contributed by atoms with Gasteiger partial charge in [0.25, 0.3) is 0 Å². The predicted molar refractivity (Wildman–Crippen MR) is 85.9 cm³/mol. The minimum absolute atomic E-state index is 0.836. The Kier molecular flexibility index (Phi) is 4.77. The van der Waals surface area contributed by atoms with Gasteiger partial charge < -0.3 is 10.7 Å². The van der Waals surface area contributed by atoms with Crippen LogP contribution >= 0.6 is 0 Å². The van der Waals surface area contributed by atoms with E-state index < -0.39 is 0 Å². The third-order valence-corrected chi connectivity index (χ3v) is 3.32. The molecule has 0 fully saturated rings. The van der Waals surface area contributed by atoms with Crippen LogP contribution in [0.25, 0.3) is 11.1 Å². The summed E-state index contributed by atoms with van der Waals surface area (Å²) in [6, 6.07) is 17.0. The molecule has 2 N–H and O–H groups in total. The van der Waals surface area contributed by atoms with Crippen molar-refractivity contribution < 1.29 is 0 Å². The molecule has 0 spiro atoms. The van der Waals surface area contributed by atoms with Crippen LogP contribution < -0.4 is 10.7 Å². The fourth-order valence-electron chi connectivity index (χ4n) is 2.22. The van der Waals surface area contributed by atoms with Crippen molar-refractivity contribution in [2.45, 2.75) is 13.3 Å². The van der Waals surface area contributed by atoms with E-state index in [2.05, 4.69) is 65.2 Å². The number of nitrogens with one attached hydrogen (secondary N) is 2. The molecule has 0 heterocycles. The standard InChI is InChI=1S/C17H21N3/c1-4-13-9-11-14(12-10-13)15-7-5-6-8-16(15)17(18-2)20-19-3/h5-12,19H,4H2,1-3H3,(H,18,20). The van der Waals surface area contributed by atoms with E-state index in [0.29, 0.717) is 0 Å². The van der Waals surface area contributed by atoms with Crippen molar-refractivity contribution in [3.05, 3.63) is 59.7 Å². The van der Waals surface area contributed by atoms with E-state index in [1.165, 1.54) is 16.7 Å². The molecular formula is C17H21N3. The highest BCUT2D eigenvalue weighted by Crippen LogP contribution is 2.24. The molecule has 2 aromatic rings. The first-order valence-electron chi connectivity index (χ1n) is 6.91. The first-order valence-corrected chi connectivity index (χ1v) is 6.91. The van der Waals surface area contributed by atoms with E-state index >= 15 is 0 Å². The summed E-state index contributed by atoms with van der Waals surface area (Å²) in [5.41, 5.74) is 7.67. The molecule has 0 aliphatic heterocycles. The Hall–Kier alpha value is -2.29. The summed E-state index contributed by atoms with van der Waals surface area (Å²) in [5.74, 6) is 0.836. The highest BCUT2D eigenvalue weighted by atomic mass is 15.3. The van der Waals surface area contributed by atoms with Gasteiger partial charge in [0.05, 0.1) is 0 Å². The predicted octanol–water partition coefficient (Wildman–Crippen LogP) is 3.02. The Balaban J connectivity index is 2.48. The van der Waals surface area contributed by atoms with Gasteiger partial charge in [-0.05, 0) is 23.1 Å². The molecule has 0 aliphatic rings.